The number of hydrogen-bond acceptors (Lipinski definition) is 5. The van der Waals surface area contributed by atoms with E-state index in [0.29, 0.717) is 5.76 Å². The van der Waals surface area contributed by atoms with Gasteiger partial charge in [0.25, 0.3) is 10.0 Å². The van der Waals surface area contributed by atoms with Gasteiger partial charge in [-0.1, -0.05) is 36.4 Å². The highest BCUT2D eigenvalue weighted by Gasteiger charge is 2.26. The average Bonchev–Trinajstić information content (AvgIpc) is 3.33. The molecule has 0 saturated heterocycles. The molecule has 0 aliphatic heterocycles. The first kappa shape index (κ1) is 18.4. The van der Waals surface area contributed by atoms with E-state index < -0.39 is 22.0 Å². The van der Waals surface area contributed by atoms with Crippen molar-refractivity contribution < 1.29 is 17.6 Å². The monoisotopic (exact) mass is 390 g/mol. The van der Waals surface area contributed by atoms with Crippen LogP contribution in [0.15, 0.2) is 74.9 Å². The molecule has 8 heteroatoms. The Kier molecular flexibility index (Phi) is 5.87. The number of amides is 1. The average molecular weight is 390 g/mol. The second-order valence-electron chi connectivity index (χ2n) is 5.59. The Bertz CT molecular complexity index is 921. The first-order valence-electron chi connectivity index (χ1n) is 7.94. The van der Waals surface area contributed by atoms with Crippen LogP contribution in [0.25, 0.3) is 0 Å². The summed E-state index contributed by atoms with van der Waals surface area (Å²) in [7, 11) is -3.77. The molecular weight excluding hydrogens is 372 g/mol. The molecule has 3 aromatic rings. The standard InChI is InChI=1S/C18H18N2O4S2/c21-18(19-13-15-8-4-10-24-15)16(12-14-6-2-1-3-7-14)20-26(22,23)17-9-5-11-25-17/h1-11,16,20H,12-13H2,(H,19,21). The molecule has 0 spiro atoms. The zero-order valence-electron chi connectivity index (χ0n) is 13.8. The zero-order valence-corrected chi connectivity index (χ0v) is 15.4. The number of hydrogen-bond donors (Lipinski definition) is 2. The molecule has 1 atom stereocenters. The van der Waals surface area contributed by atoms with Crippen LogP contribution in [0.3, 0.4) is 0 Å². The van der Waals surface area contributed by atoms with Crippen LogP contribution in [0.1, 0.15) is 11.3 Å². The summed E-state index contributed by atoms with van der Waals surface area (Å²) < 4.78 is 32.9. The number of carbonyl (C=O) groups excluding carboxylic acids is 1. The van der Waals surface area contributed by atoms with E-state index in [0.717, 1.165) is 16.9 Å². The Morgan fingerprint density at radius 3 is 2.54 bits per heavy atom. The summed E-state index contributed by atoms with van der Waals surface area (Å²) in [6, 6.07) is 15.0. The minimum Gasteiger partial charge on any atom is -0.467 e. The number of nitrogens with one attached hydrogen (secondary N) is 2. The lowest BCUT2D eigenvalue weighted by Gasteiger charge is -2.18. The van der Waals surface area contributed by atoms with Crippen molar-refractivity contribution in [3.8, 4) is 0 Å². The molecule has 2 heterocycles. The number of thiophene rings is 1. The van der Waals surface area contributed by atoms with Gasteiger partial charge in [-0.3, -0.25) is 4.79 Å². The Morgan fingerprint density at radius 1 is 1.08 bits per heavy atom. The maximum absolute atomic E-state index is 12.6. The largest absolute Gasteiger partial charge is 0.467 e. The highest BCUT2D eigenvalue weighted by Crippen LogP contribution is 2.17. The number of sulfonamides is 1. The quantitative estimate of drug-likeness (QED) is 0.619. The molecule has 6 nitrogen and oxygen atoms in total. The van der Waals surface area contributed by atoms with E-state index in [1.807, 2.05) is 30.3 Å². The Labute approximate surface area is 155 Å². The highest BCUT2D eigenvalue weighted by atomic mass is 32.2. The van der Waals surface area contributed by atoms with Crippen LogP contribution in [-0.2, 0) is 27.8 Å². The van der Waals surface area contributed by atoms with E-state index in [9.17, 15) is 13.2 Å². The van der Waals surface area contributed by atoms with Crippen LogP contribution >= 0.6 is 11.3 Å². The minimum absolute atomic E-state index is 0.175. The zero-order chi connectivity index (χ0) is 18.4. The normalized spacial score (nSPS) is 12.6. The molecule has 1 aromatic carbocycles. The van der Waals surface area contributed by atoms with Crippen LogP contribution in [0.5, 0.6) is 0 Å². The predicted octanol–water partition coefficient (Wildman–Crippen LogP) is 2.55. The van der Waals surface area contributed by atoms with Crippen molar-refractivity contribution in [1.82, 2.24) is 10.0 Å². The van der Waals surface area contributed by atoms with Crippen molar-refractivity contribution in [3.63, 3.8) is 0 Å². The van der Waals surface area contributed by atoms with Gasteiger partial charge in [0.15, 0.2) is 0 Å². The van der Waals surface area contributed by atoms with Crippen LogP contribution in [0.4, 0.5) is 0 Å². The van der Waals surface area contributed by atoms with Gasteiger partial charge in [0.05, 0.1) is 12.8 Å². The maximum Gasteiger partial charge on any atom is 0.250 e. The Balaban J connectivity index is 1.75. The van der Waals surface area contributed by atoms with E-state index in [-0.39, 0.29) is 17.2 Å². The lowest BCUT2D eigenvalue weighted by Crippen LogP contribution is -2.47. The van der Waals surface area contributed by atoms with Crippen LogP contribution < -0.4 is 10.0 Å². The smallest absolute Gasteiger partial charge is 0.250 e. The lowest BCUT2D eigenvalue weighted by atomic mass is 10.1. The van der Waals surface area contributed by atoms with Crippen molar-refractivity contribution in [2.24, 2.45) is 0 Å². The first-order chi connectivity index (χ1) is 12.5. The first-order valence-corrected chi connectivity index (χ1v) is 10.3. The van der Waals surface area contributed by atoms with Gasteiger partial charge in [-0.05, 0) is 35.6 Å². The molecule has 0 aliphatic carbocycles. The molecule has 3 rings (SSSR count). The van der Waals surface area contributed by atoms with Crippen molar-refractivity contribution in [3.05, 3.63) is 77.6 Å². The third kappa shape index (κ3) is 4.81. The summed E-state index contributed by atoms with van der Waals surface area (Å²) in [4.78, 5) is 12.6. The van der Waals surface area contributed by atoms with Gasteiger partial charge in [0.1, 0.15) is 16.0 Å². The minimum atomic E-state index is -3.77. The third-order valence-corrected chi connectivity index (χ3v) is 6.54. The van der Waals surface area contributed by atoms with E-state index in [1.165, 1.54) is 12.3 Å². The van der Waals surface area contributed by atoms with Gasteiger partial charge in [0.2, 0.25) is 5.91 Å². The molecule has 0 radical (unpaired) electrons. The van der Waals surface area contributed by atoms with Gasteiger partial charge >= 0.3 is 0 Å². The summed E-state index contributed by atoms with van der Waals surface area (Å²) in [6.07, 6.45) is 1.76. The summed E-state index contributed by atoms with van der Waals surface area (Å²) >= 11 is 1.10. The summed E-state index contributed by atoms with van der Waals surface area (Å²) in [5.74, 6) is 0.184. The van der Waals surface area contributed by atoms with Crippen LogP contribution in [0.2, 0.25) is 0 Å². The number of furan rings is 1. The van der Waals surface area contributed by atoms with Crippen molar-refractivity contribution >= 4 is 27.3 Å². The molecule has 0 fully saturated rings. The molecule has 2 N–H and O–H groups in total. The lowest BCUT2D eigenvalue weighted by molar-refractivity contribution is -0.122. The maximum atomic E-state index is 12.6. The second kappa shape index (κ2) is 8.31. The van der Waals surface area contributed by atoms with E-state index in [4.69, 9.17) is 4.42 Å². The Hall–Kier alpha value is -2.42. The second-order valence-corrected chi connectivity index (χ2v) is 8.48. The fourth-order valence-electron chi connectivity index (χ4n) is 2.41. The van der Waals surface area contributed by atoms with E-state index in [2.05, 4.69) is 10.0 Å². The van der Waals surface area contributed by atoms with Gasteiger partial charge in [-0.25, -0.2) is 8.42 Å². The third-order valence-electron chi connectivity index (χ3n) is 3.67. The van der Waals surface area contributed by atoms with Crippen LogP contribution in [-0.4, -0.2) is 20.4 Å². The number of rotatable bonds is 8. The highest BCUT2D eigenvalue weighted by molar-refractivity contribution is 7.91. The molecular formula is C18H18N2O4S2. The Morgan fingerprint density at radius 2 is 1.88 bits per heavy atom. The van der Waals surface area contributed by atoms with Gasteiger partial charge in [-0.2, -0.15) is 4.72 Å². The SMILES string of the molecule is O=C(NCc1ccco1)C(Cc1ccccc1)NS(=O)(=O)c1cccs1. The molecule has 0 aliphatic rings. The molecule has 1 unspecified atom stereocenters. The fourth-order valence-corrected chi connectivity index (χ4v) is 4.61. The van der Waals surface area contributed by atoms with Crippen molar-refractivity contribution in [1.29, 1.82) is 0 Å². The van der Waals surface area contributed by atoms with E-state index >= 15 is 0 Å². The van der Waals surface area contributed by atoms with Gasteiger partial charge in [0, 0.05) is 0 Å². The van der Waals surface area contributed by atoms with Gasteiger partial charge < -0.3 is 9.73 Å². The molecule has 0 saturated carbocycles. The topological polar surface area (TPSA) is 88.4 Å². The van der Waals surface area contributed by atoms with Gasteiger partial charge in [-0.15, -0.1) is 11.3 Å². The molecule has 0 bridgehead atoms. The molecule has 26 heavy (non-hydrogen) atoms. The molecule has 1 amide bonds. The van der Waals surface area contributed by atoms with E-state index in [1.54, 1.807) is 23.6 Å². The van der Waals surface area contributed by atoms with Crippen molar-refractivity contribution in [2.45, 2.75) is 23.2 Å². The summed E-state index contributed by atoms with van der Waals surface area (Å²) in [5, 5.41) is 4.40. The molecule has 136 valence electrons. The van der Waals surface area contributed by atoms with Crippen LogP contribution in [0, 0.1) is 0 Å². The summed E-state index contributed by atoms with van der Waals surface area (Å²) in [5.41, 5.74) is 0.861. The number of carbonyl (C=O) groups is 1. The fraction of sp³-hybridized carbons (Fsp3) is 0.167. The predicted molar refractivity (Wildman–Crippen MR) is 99.1 cm³/mol. The van der Waals surface area contributed by atoms with Crippen molar-refractivity contribution in [2.75, 3.05) is 0 Å². The summed E-state index contributed by atoms with van der Waals surface area (Å²) in [6.45, 7) is 0.192. The molecule has 2 aromatic heterocycles. The number of benzene rings is 1.